The zero-order valence-electron chi connectivity index (χ0n) is 30.3. The largest absolute Gasteiger partial charge is 0.467 e. The van der Waals surface area contributed by atoms with E-state index in [9.17, 15) is 65.1 Å². The number of aliphatic hydroxyl groups excluding tert-OH is 9. The number of hydrogen-bond acceptors (Lipinski definition) is 22. The molecule has 0 aromatic carbocycles. The highest BCUT2D eigenvalue weighted by molar-refractivity contribution is 5.76. The second-order valence-corrected chi connectivity index (χ2v) is 13.4. The molecule has 4 heterocycles. The third-order valence-electron chi connectivity index (χ3n) is 9.59. The quantitative estimate of drug-likeness (QED) is 0.0816. The van der Waals surface area contributed by atoms with E-state index in [2.05, 4.69) is 15.4 Å². The summed E-state index contributed by atoms with van der Waals surface area (Å²) in [6.45, 7) is 2.06. The van der Waals surface area contributed by atoms with Crippen molar-refractivity contribution in [3.63, 3.8) is 0 Å². The Balaban J connectivity index is 1.58. The van der Waals surface area contributed by atoms with Crippen molar-refractivity contribution in [2.75, 3.05) is 27.4 Å². The summed E-state index contributed by atoms with van der Waals surface area (Å²) in [6.07, 6.45) is -32.3. The molecule has 0 aromatic rings. The maximum atomic E-state index is 13.0. The second-order valence-electron chi connectivity index (χ2n) is 13.4. The van der Waals surface area contributed by atoms with Gasteiger partial charge >= 0.3 is 11.9 Å². The fourth-order valence-corrected chi connectivity index (χ4v) is 6.77. The zero-order valence-corrected chi connectivity index (χ0v) is 30.3. The first-order valence-corrected chi connectivity index (χ1v) is 17.2. The van der Waals surface area contributed by atoms with E-state index < -0.39 is 159 Å². The summed E-state index contributed by atoms with van der Waals surface area (Å²) >= 11 is 0. The van der Waals surface area contributed by atoms with Crippen LogP contribution in [-0.4, -0.2) is 220 Å². The van der Waals surface area contributed by atoms with Gasteiger partial charge in [-0.3, -0.25) is 9.59 Å². The predicted molar refractivity (Wildman–Crippen MR) is 170 cm³/mol. The molecule has 4 rings (SSSR count). The van der Waals surface area contributed by atoms with Gasteiger partial charge in [-0.2, -0.15) is 0 Å². The van der Waals surface area contributed by atoms with Gasteiger partial charge in [0.25, 0.3) is 0 Å². The molecule has 4 aliphatic heterocycles. The van der Waals surface area contributed by atoms with Crippen LogP contribution in [0.15, 0.2) is 0 Å². The number of hydrogen-bond donors (Lipinski definition) is 11. The van der Waals surface area contributed by atoms with Crippen LogP contribution in [0.5, 0.6) is 0 Å². The van der Waals surface area contributed by atoms with Crippen molar-refractivity contribution in [3.8, 4) is 0 Å². The molecular formula is C31H50N2O22. The third kappa shape index (κ3) is 9.69. The summed E-state index contributed by atoms with van der Waals surface area (Å²) in [4.78, 5) is 49.3. The van der Waals surface area contributed by atoms with Crippen molar-refractivity contribution in [1.82, 2.24) is 10.6 Å². The summed E-state index contributed by atoms with van der Waals surface area (Å²) in [5, 5.41) is 101. The first-order valence-electron chi connectivity index (χ1n) is 17.2. The van der Waals surface area contributed by atoms with Crippen LogP contribution in [0.2, 0.25) is 0 Å². The standard InChI is InChI=1S/C31H50N2O22/c1-8-13(32-9(2)36)15(38)22(11(6-34)49-8)51-31-21(44)19(42)24(26(55-31)28(46)48-5)53-29-14(33-10(3)37)16(39)23(12(7-35)50-29)52-30-20(43)17(40)18(41)25(54-30)27(45)47-4/h8,11-26,29-31,34-35,38-44H,6-7H2,1-5H3,(H,32,36)(H,33,37)/t8-,11?,12?,13?,14?,15+,16+,17-,18+,19+,20?,21?,22-,23-,24+,25?,26?,29-,30+,31+/m0/s1. The third-order valence-corrected chi connectivity index (χ3v) is 9.59. The van der Waals surface area contributed by atoms with Crippen LogP contribution in [0, 0.1) is 0 Å². The lowest BCUT2D eigenvalue weighted by molar-refractivity contribution is -0.368. The molecule has 55 heavy (non-hydrogen) atoms. The lowest BCUT2D eigenvalue weighted by Crippen LogP contribution is -2.70. The number of carbonyl (C=O) groups is 4. The Kier molecular flexibility index (Phi) is 15.6. The minimum absolute atomic E-state index is 0.532. The molecule has 0 aliphatic carbocycles. The van der Waals surface area contributed by atoms with E-state index >= 15 is 0 Å². The Morgan fingerprint density at radius 2 is 0.964 bits per heavy atom. The number of methoxy groups -OCH3 is 2. The van der Waals surface area contributed by atoms with E-state index in [4.69, 9.17) is 37.9 Å². The van der Waals surface area contributed by atoms with Crippen LogP contribution in [0.3, 0.4) is 0 Å². The van der Waals surface area contributed by atoms with Crippen molar-refractivity contribution in [2.45, 2.75) is 143 Å². The molecule has 316 valence electrons. The SMILES string of the molecule is COC(=O)C1O[C@@H](O[C@H]2C(CO)O[C@@H](O[C@H]3C(C(=O)OC)O[C@@H](O[C@H]4C(CO)O[C@@H](C)C(NC(C)=O)[C@H]4O)C(O)[C@H]3O)C(NC(C)=O)[C@H]2O)C(O)[C@@H](O)[C@H]1O. The minimum Gasteiger partial charge on any atom is -0.467 e. The first-order chi connectivity index (χ1) is 25.9. The number of rotatable bonds is 12. The summed E-state index contributed by atoms with van der Waals surface area (Å²) in [6, 6.07) is -2.75. The van der Waals surface area contributed by atoms with E-state index in [0.29, 0.717) is 0 Å². The molecule has 4 fully saturated rings. The maximum Gasteiger partial charge on any atom is 0.337 e. The normalized spacial score (nSPS) is 44.9. The van der Waals surface area contributed by atoms with Crippen LogP contribution in [0.4, 0.5) is 0 Å². The van der Waals surface area contributed by atoms with Gasteiger partial charge in [0.1, 0.15) is 79.3 Å². The van der Waals surface area contributed by atoms with Gasteiger partial charge in [0, 0.05) is 13.8 Å². The molecule has 0 bridgehead atoms. The molecular weight excluding hydrogens is 752 g/mol. The molecule has 20 atom stereocenters. The Hall–Kier alpha value is -2.76. The molecule has 11 N–H and O–H groups in total. The van der Waals surface area contributed by atoms with Gasteiger partial charge in [0.2, 0.25) is 11.8 Å². The zero-order chi connectivity index (χ0) is 41.0. The molecule has 24 heteroatoms. The molecule has 4 aliphatic rings. The van der Waals surface area contributed by atoms with Gasteiger partial charge in [0.15, 0.2) is 31.1 Å². The number of aliphatic hydroxyl groups is 9. The fourth-order valence-electron chi connectivity index (χ4n) is 6.77. The van der Waals surface area contributed by atoms with Crippen molar-refractivity contribution in [3.05, 3.63) is 0 Å². The molecule has 0 aromatic heterocycles. The lowest BCUT2D eigenvalue weighted by atomic mass is 9.92. The average molecular weight is 803 g/mol. The summed E-state index contributed by atoms with van der Waals surface area (Å²) in [5.41, 5.74) is 0. The summed E-state index contributed by atoms with van der Waals surface area (Å²) in [7, 11) is 1.91. The Labute approximate surface area is 313 Å². The van der Waals surface area contributed by atoms with Crippen LogP contribution in [0.1, 0.15) is 20.8 Å². The van der Waals surface area contributed by atoms with E-state index in [1.165, 1.54) is 13.8 Å². The number of ether oxygens (including phenoxy) is 9. The average Bonchev–Trinajstić information content (AvgIpc) is 3.15. The molecule has 8 unspecified atom stereocenters. The number of amides is 2. The van der Waals surface area contributed by atoms with E-state index in [1.54, 1.807) is 0 Å². The van der Waals surface area contributed by atoms with E-state index in [-0.39, 0.29) is 0 Å². The Morgan fingerprint density at radius 3 is 1.47 bits per heavy atom. The number of carbonyl (C=O) groups excluding carboxylic acids is 4. The van der Waals surface area contributed by atoms with Crippen LogP contribution >= 0.6 is 0 Å². The van der Waals surface area contributed by atoms with E-state index in [1.807, 2.05) is 0 Å². The molecule has 4 saturated heterocycles. The second kappa shape index (κ2) is 19.1. The lowest BCUT2D eigenvalue weighted by Gasteiger charge is -2.49. The molecule has 0 spiro atoms. The van der Waals surface area contributed by atoms with Gasteiger partial charge in [-0.15, -0.1) is 0 Å². The highest BCUT2D eigenvalue weighted by Crippen LogP contribution is 2.35. The van der Waals surface area contributed by atoms with Crippen LogP contribution in [-0.2, 0) is 61.8 Å². The first kappa shape index (κ1) is 44.9. The monoisotopic (exact) mass is 802 g/mol. The maximum absolute atomic E-state index is 13.0. The Morgan fingerprint density at radius 1 is 0.527 bits per heavy atom. The highest BCUT2D eigenvalue weighted by Gasteiger charge is 2.57. The van der Waals surface area contributed by atoms with Crippen LogP contribution in [0.25, 0.3) is 0 Å². The topological polar surface area (TPSA) is 357 Å². The molecule has 24 nitrogen and oxygen atoms in total. The minimum atomic E-state index is -2.13. The Bertz CT molecular complexity index is 1330. The molecule has 0 radical (unpaired) electrons. The van der Waals surface area contributed by atoms with Crippen molar-refractivity contribution in [2.24, 2.45) is 0 Å². The van der Waals surface area contributed by atoms with Crippen molar-refractivity contribution < 1.29 is 108 Å². The summed E-state index contributed by atoms with van der Waals surface area (Å²) in [5.74, 6) is -3.68. The van der Waals surface area contributed by atoms with Crippen molar-refractivity contribution in [1.29, 1.82) is 0 Å². The number of esters is 2. The molecule has 2 amide bonds. The predicted octanol–water partition coefficient (Wildman–Crippen LogP) is -8.03. The smallest absolute Gasteiger partial charge is 0.337 e. The fraction of sp³-hybridized carbons (Fsp3) is 0.871. The van der Waals surface area contributed by atoms with Gasteiger partial charge in [-0.05, 0) is 6.92 Å². The highest BCUT2D eigenvalue weighted by atomic mass is 16.8. The van der Waals surface area contributed by atoms with Gasteiger partial charge < -0.3 is 99.2 Å². The van der Waals surface area contributed by atoms with Crippen LogP contribution < -0.4 is 10.6 Å². The van der Waals surface area contributed by atoms with Gasteiger partial charge in [0.05, 0.1) is 39.6 Å². The van der Waals surface area contributed by atoms with E-state index in [0.717, 1.165) is 21.1 Å². The van der Waals surface area contributed by atoms with Gasteiger partial charge in [-0.25, -0.2) is 9.59 Å². The summed E-state index contributed by atoms with van der Waals surface area (Å²) < 4.78 is 49.1. The number of nitrogens with one attached hydrogen (secondary N) is 2. The molecule has 0 saturated carbocycles. The van der Waals surface area contributed by atoms with Gasteiger partial charge in [-0.1, -0.05) is 0 Å². The van der Waals surface area contributed by atoms with Crippen molar-refractivity contribution >= 4 is 23.8 Å².